The molecule has 2 aliphatic carbocycles. The van der Waals surface area contributed by atoms with Crippen molar-refractivity contribution in [1.82, 2.24) is 5.32 Å². The Balaban J connectivity index is 1.65. The molecule has 0 aliphatic heterocycles. The maximum absolute atomic E-state index is 11.9. The quantitative estimate of drug-likeness (QED) is 0.676. The molecule has 2 aliphatic rings. The highest BCUT2D eigenvalue weighted by molar-refractivity contribution is 5.96. The summed E-state index contributed by atoms with van der Waals surface area (Å²) in [5.74, 6) is 2.58. The number of hydrogen-bond acceptors (Lipinski definition) is 3. The number of anilines is 2. The molecule has 0 spiro atoms. The number of nitrogens with one attached hydrogen (secondary N) is 2. The van der Waals surface area contributed by atoms with Gasteiger partial charge in [-0.3, -0.25) is 4.79 Å². The second-order valence-corrected chi connectivity index (χ2v) is 6.38. The largest absolute Gasteiger partial charge is 0.397 e. The normalized spacial score (nSPS) is 17.8. The fourth-order valence-electron chi connectivity index (χ4n) is 3.11. The van der Waals surface area contributed by atoms with Crippen molar-refractivity contribution in [2.24, 2.45) is 17.8 Å². The summed E-state index contributed by atoms with van der Waals surface area (Å²) in [5, 5.41) is 6.31. The van der Waals surface area contributed by atoms with Crippen LogP contribution < -0.4 is 16.4 Å². The molecule has 114 valence electrons. The maximum atomic E-state index is 11.9. The van der Waals surface area contributed by atoms with E-state index in [1.54, 1.807) is 6.07 Å². The van der Waals surface area contributed by atoms with Crippen LogP contribution in [0.1, 0.15) is 43.0 Å². The van der Waals surface area contributed by atoms with Crippen molar-refractivity contribution in [2.75, 3.05) is 24.1 Å². The van der Waals surface area contributed by atoms with E-state index in [1.165, 1.54) is 25.7 Å². The van der Waals surface area contributed by atoms with Crippen LogP contribution in [0.3, 0.4) is 0 Å². The van der Waals surface area contributed by atoms with Gasteiger partial charge in [0, 0.05) is 18.7 Å². The lowest BCUT2D eigenvalue weighted by Gasteiger charge is -2.18. The van der Waals surface area contributed by atoms with Crippen molar-refractivity contribution in [2.45, 2.75) is 32.6 Å². The molecule has 4 nitrogen and oxygen atoms in total. The topological polar surface area (TPSA) is 67.2 Å². The Bertz CT molecular complexity index is 509. The highest BCUT2D eigenvalue weighted by Crippen LogP contribution is 2.49. The minimum absolute atomic E-state index is 0.0403. The van der Waals surface area contributed by atoms with Gasteiger partial charge in [0.05, 0.1) is 11.4 Å². The molecule has 1 amide bonds. The third kappa shape index (κ3) is 3.49. The van der Waals surface area contributed by atoms with Crippen molar-refractivity contribution in [3.05, 3.63) is 23.8 Å². The number of benzene rings is 1. The Labute approximate surface area is 126 Å². The predicted octanol–water partition coefficient (Wildman–Crippen LogP) is 2.87. The van der Waals surface area contributed by atoms with Crippen LogP contribution in [0.2, 0.25) is 0 Å². The molecule has 2 fully saturated rings. The third-order valence-electron chi connectivity index (χ3n) is 4.64. The minimum Gasteiger partial charge on any atom is -0.397 e. The first-order valence-corrected chi connectivity index (χ1v) is 8.10. The lowest BCUT2D eigenvalue weighted by atomic mass is 9.97. The third-order valence-corrected chi connectivity index (χ3v) is 4.64. The number of carbonyl (C=O) groups excluding carboxylic acids is 1. The first-order chi connectivity index (χ1) is 10.2. The molecule has 3 rings (SSSR count). The van der Waals surface area contributed by atoms with Gasteiger partial charge in [-0.1, -0.05) is 0 Å². The van der Waals surface area contributed by atoms with Gasteiger partial charge >= 0.3 is 0 Å². The van der Waals surface area contributed by atoms with Crippen LogP contribution in [0.15, 0.2) is 18.2 Å². The Morgan fingerprint density at radius 2 is 1.95 bits per heavy atom. The van der Waals surface area contributed by atoms with Crippen LogP contribution in [0.25, 0.3) is 0 Å². The zero-order chi connectivity index (χ0) is 14.8. The van der Waals surface area contributed by atoms with Gasteiger partial charge in [0.2, 0.25) is 0 Å². The van der Waals surface area contributed by atoms with Crippen molar-refractivity contribution < 1.29 is 4.79 Å². The molecule has 1 aromatic rings. The van der Waals surface area contributed by atoms with E-state index in [4.69, 9.17) is 5.73 Å². The van der Waals surface area contributed by atoms with Crippen molar-refractivity contribution in [3.63, 3.8) is 0 Å². The van der Waals surface area contributed by atoms with E-state index in [2.05, 4.69) is 10.6 Å². The summed E-state index contributed by atoms with van der Waals surface area (Å²) in [5.41, 5.74) is 8.32. The number of rotatable bonds is 7. The highest BCUT2D eigenvalue weighted by atomic mass is 16.1. The number of nitrogen functional groups attached to an aromatic ring is 1. The first kappa shape index (κ1) is 14.2. The lowest BCUT2D eigenvalue weighted by Crippen LogP contribution is -2.23. The van der Waals surface area contributed by atoms with Crippen LogP contribution in [0, 0.1) is 17.8 Å². The summed E-state index contributed by atoms with van der Waals surface area (Å²) in [6.07, 6.45) is 5.54. The van der Waals surface area contributed by atoms with Gasteiger partial charge < -0.3 is 16.4 Å². The van der Waals surface area contributed by atoms with E-state index in [1.807, 2.05) is 19.1 Å². The molecule has 0 atom stereocenters. The summed E-state index contributed by atoms with van der Waals surface area (Å²) in [4.78, 5) is 11.9. The molecule has 0 aromatic heterocycles. The van der Waals surface area contributed by atoms with Gasteiger partial charge in [0.25, 0.3) is 5.91 Å². The van der Waals surface area contributed by atoms with E-state index in [0.717, 1.165) is 30.0 Å². The van der Waals surface area contributed by atoms with Gasteiger partial charge in [-0.05, 0) is 68.6 Å². The molecular weight excluding hydrogens is 262 g/mol. The zero-order valence-corrected chi connectivity index (χ0v) is 12.7. The number of carbonyl (C=O) groups is 1. The average Bonchev–Trinajstić information content (AvgIpc) is 3.35. The van der Waals surface area contributed by atoms with Gasteiger partial charge in [-0.2, -0.15) is 0 Å². The predicted molar refractivity (Wildman–Crippen MR) is 86.3 cm³/mol. The van der Waals surface area contributed by atoms with Crippen molar-refractivity contribution in [3.8, 4) is 0 Å². The van der Waals surface area contributed by atoms with Crippen LogP contribution >= 0.6 is 0 Å². The Morgan fingerprint density at radius 3 is 2.52 bits per heavy atom. The molecule has 1 aromatic carbocycles. The summed E-state index contributed by atoms with van der Waals surface area (Å²) in [6, 6.07) is 5.47. The molecule has 2 saturated carbocycles. The standard InChI is InChI=1S/C17H25N3O/c1-2-19-17(21)13-7-8-15(18)16(9-13)20-10-14(11-3-4-11)12-5-6-12/h7-9,11-12,14,20H,2-6,10,18H2,1H3,(H,19,21). The number of amides is 1. The lowest BCUT2D eigenvalue weighted by molar-refractivity contribution is 0.0956. The van der Waals surface area contributed by atoms with Gasteiger partial charge in [0.15, 0.2) is 0 Å². The Hall–Kier alpha value is -1.71. The van der Waals surface area contributed by atoms with Crippen LogP contribution in [-0.4, -0.2) is 19.0 Å². The van der Waals surface area contributed by atoms with Crippen molar-refractivity contribution in [1.29, 1.82) is 0 Å². The molecule has 4 N–H and O–H groups in total. The van der Waals surface area contributed by atoms with E-state index in [9.17, 15) is 4.79 Å². The van der Waals surface area contributed by atoms with Crippen LogP contribution in [-0.2, 0) is 0 Å². The molecule has 21 heavy (non-hydrogen) atoms. The molecule has 4 heteroatoms. The van der Waals surface area contributed by atoms with Gasteiger partial charge in [-0.15, -0.1) is 0 Å². The molecule has 0 unspecified atom stereocenters. The highest BCUT2D eigenvalue weighted by Gasteiger charge is 2.41. The molecule has 0 bridgehead atoms. The van der Waals surface area contributed by atoms with Gasteiger partial charge in [-0.25, -0.2) is 0 Å². The molecule has 0 saturated heterocycles. The average molecular weight is 287 g/mol. The number of hydrogen-bond donors (Lipinski definition) is 3. The van der Waals surface area contributed by atoms with Crippen LogP contribution in [0.4, 0.5) is 11.4 Å². The SMILES string of the molecule is CCNC(=O)c1ccc(N)c(NCC(C2CC2)C2CC2)c1. The second-order valence-electron chi connectivity index (χ2n) is 6.38. The molecule has 0 radical (unpaired) electrons. The fraction of sp³-hybridized carbons (Fsp3) is 0.588. The van der Waals surface area contributed by atoms with E-state index in [-0.39, 0.29) is 5.91 Å². The van der Waals surface area contributed by atoms with Crippen molar-refractivity contribution >= 4 is 17.3 Å². The fourth-order valence-corrected chi connectivity index (χ4v) is 3.11. The maximum Gasteiger partial charge on any atom is 0.251 e. The monoisotopic (exact) mass is 287 g/mol. The van der Waals surface area contributed by atoms with E-state index >= 15 is 0 Å². The summed E-state index contributed by atoms with van der Waals surface area (Å²) in [6.45, 7) is 3.54. The number of nitrogens with two attached hydrogens (primary N) is 1. The minimum atomic E-state index is -0.0403. The summed E-state index contributed by atoms with van der Waals surface area (Å²) in [7, 11) is 0. The first-order valence-electron chi connectivity index (χ1n) is 8.10. The molecular formula is C17H25N3O. The Kier molecular flexibility index (Phi) is 4.04. The molecule has 0 heterocycles. The zero-order valence-electron chi connectivity index (χ0n) is 12.7. The van der Waals surface area contributed by atoms with Gasteiger partial charge in [0.1, 0.15) is 0 Å². The summed E-state index contributed by atoms with van der Waals surface area (Å²) >= 11 is 0. The Morgan fingerprint density at radius 1 is 1.29 bits per heavy atom. The summed E-state index contributed by atoms with van der Waals surface area (Å²) < 4.78 is 0. The van der Waals surface area contributed by atoms with E-state index in [0.29, 0.717) is 17.8 Å². The van der Waals surface area contributed by atoms with Crippen LogP contribution in [0.5, 0.6) is 0 Å². The van der Waals surface area contributed by atoms with E-state index < -0.39 is 0 Å². The second kappa shape index (κ2) is 5.96. The smallest absolute Gasteiger partial charge is 0.251 e.